The molecule has 9 heteroatoms. The van der Waals surface area contributed by atoms with E-state index in [-0.39, 0.29) is 5.82 Å². The second kappa shape index (κ2) is 7.30. The third-order valence-corrected chi connectivity index (χ3v) is 4.45. The second-order valence-corrected chi connectivity index (χ2v) is 6.18. The van der Waals surface area contributed by atoms with Crippen molar-refractivity contribution in [1.82, 2.24) is 29.5 Å². The van der Waals surface area contributed by atoms with Crippen LogP contribution in [0, 0.1) is 5.82 Å². The Morgan fingerprint density at radius 2 is 1.52 bits per heavy atom. The number of halogens is 3. The summed E-state index contributed by atoms with van der Waals surface area (Å²) in [4.78, 5) is 18.8. The number of hydrogen-bond acceptors (Lipinski definition) is 4. The topological polar surface area (TPSA) is 72.3 Å². The molecule has 0 saturated carbocycles. The normalized spacial score (nSPS) is 10.8. The molecule has 0 aliphatic heterocycles. The van der Waals surface area contributed by atoms with Crippen molar-refractivity contribution in [2.45, 2.75) is 0 Å². The first-order valence-electron chi connectivity index (χ1n) is 7.80. The fraction of sp³-hybridized carbons (Fsp3) is 0. The van der Waals surface area contributed by atoms with E-state index in [0.717, 1.165) is 22.1 Å². The molecule has 0 bridgehead atoms. The molecule has 1 aromatic carbocycles. The zero-order chi connectivity index (χ0) is 18.8. The number of benzene rings is 1. The lowest BCUT2D eigenvalue weighted by molar-refractivity contribution is 0.627. The quantitative estimate of drug-likeness (QED) is 0.409. The summed E-state index contributed by atoms with van der Waals surface area (Å²) in [5, 5.41) is 2.55. The van der Waals surface area contributed by atoms with Gasteiger partial charge in [0.2, 0.25) is 0 Å². The van der Waals surface area contributed by atoms with Crippen molar-refractivity contribution in [2.24, 2.45) is 0 Å². The first kappa shape index (κ1) is 17.4. The maximum atomic E-state index is 12.9. The van der Waals surface area contributed by atoms with Crippen molar-refractivity contribution in [1.29, 1.82) is 0 Å². The van der Waals surface area contributed by atoms with Gasteiger partial charge in [0.15, 0.2) is 0 Å². The van der Waals surface area contributed by atoms with Crippen molar-refractivity contribution in [3.8, 4) is 5.69 Å². The zero-order valence-corrected chi connectivity index (χ0v) is 15.2. The predicted molar refractivity (Wildman–Crippen MR) is 103 cm³/mol. The SMILES string of the molecule is Clc1ncnc2[nH]ccc12.Fc1ccc(-n2ccc3c(Cl)ncnc32)cc1. The highest BCUT2D eigenvalue weighted by atomic mass is 35.5. The van der Waals surface area contributed by atoms with Gasteiger partial charge in [-0.2, -0.15) is 0 Å². The van der Waals surface area contributed by atoms with Gasteiger partial charge in [-0.25, -0.2) is 24.3 Å². The number of rotatable bonds is 1. The monoisotopic (exact) mass is 400 g/mol. The maximum Gasteiger partial charge on any atom is 0.149 e. The molecule has 0 amide bonds. The van der Waals surface area contributed by atoms with E-state index >= 15 is 0 Å². The van der Waals surface area contributed by atoms with Crippen molar-refractivity contribution in [3.05, 3.63) is 77.6 Å². The lowest BCUT2D eigenvalue weighted by atomic mass is 10.3. The summed E-state index contributed by atoms with van der Waals surface area (Å²) in [6, 6.07) is 9.86. The molecule has 0 aliphatic carbocycles. The van der Waals surface area contributed by atoms with Gasteiger partial charge in [0.1, 0.15) is 40.1 Å². The highest BCUT2D eigenvalue weighted by Gasteiger charge is 2.07. The third-order valence-electron chi connectivity index (χ3n) is 3.84. The van der Waals surface area contributed by atoms with Gasteiger partial charge in [-0.3, -0.25) is 0 Å². The molecule has 4 aromatic heterocycles. The Bertz CT molecular complexity index is 1220. The Labute approximate surface area is 162 Å². The predicted octanol–water partition coefficient (Wildman–Crippen LogP) is 4.82. The summed E-state index contributed by atoms with van der Waals surface area (Å²) < 4.78 is 14.7. The summed E-state index contributed by atoms with van der Waals surface area (Å²) in [7, 11) is 0. The average molecular weight is 401 g/mol. The fourth-order valence-corrected chi connectivity index (χ4v) is 2.96. The Morgan fingerprint density at radius 3 is 2.26 bits per heavy atom. The molecule has 5 aromatic rings. The molecule has 0 aliphatic rings. The molecule has 0 saturated heterocycles. The summed E-state index contributed by atoms with van der Waals surface area (Å²) in [6.45, 7) is 0. The van der Waals surface area contributed by atoms with E-state index in [1.165, 1.54) is 24.8 Å². The van der Waals surface area contributed by atoms with Crippen molar-refractivity contribution in [3.63, 3.8) is 0 Å². The van der Waals surface area contributed by atoms with Crippen LogP contribution in [0.2, 0.25) is 10.3 Å². The number of hydrogen-bond donors (Lipinski definition) is 1. The molecule has 0 spiro atoms. The van der Waals surface area contributed by atoms with Gasteiger partial charge in [-0.05, 0) is 36.4 Å². The van der Waals surface area contributed by atoms with E-state index in [2.05, 4.69) is 24.9 Å². The van der Waals surface area contributed by atoms with E-state index in [1.807, 2.05) is 22.9 Å². The Kier molecular flexibility index (Phi) is 4.70. The van der Waals surface area contributed by atoms with Crippen molar-refractivity contribution in [2.75, 3.05) is 0 Å². The number of aromatic nitrogens is 6. The largest absolute Gasteiger partial charge is 0.346 e. The van der Waals surface area contributed by atoms with Crippen molar-refractivity contribution < 1.29 is 4.39 Å². The number of nitrogens with one attached hydrogen (secondary N) is 1. The minimum absolute atomic E-state index is 0.266. The van der Waals surface area contributed by atoms with Crippen LogP contribution in [0.4, 0.5) is 4.39 Å². The van der Waals surface area contributed by atoms with Crippen molar-refractivity contribution >= 4 is 45.3 Å². The standard InChI is InChI=1S/C12H7ClFN3.C6H4ClN3/c13-11-10-5-6-17(12(10)16-7-15-11)9-3-1-8(14)2-4-9;7-5-4-1-2-8-6(4)10-3-9-5/h1-7H;1-3H,(H,8,9,10). The molecular formula is C18H11Cl2FN6. The van der Waals surface area contributed by atoms with E-state index < -0.39 is 0 Å². The number of aromatic amines is 1. The van der Waals surface area contributed by atoms with E-state index in [4.69, 9.17) is 23.2 Å². The summed E-state index contributed by atoms with van der Waals surface area (Å²) in [5.74, 6) is -0.266. The highest BCUT2D eigenvalue weighted by molar-refractivity contribution is 6.34. The van der Waals surface area contributed by atoms with Gasteiger partial charge in [-0.15, -0.1) is 0 Å². The third kappa shape index (κ3) is 3.47. The van der Waals surface area contributed by atoms with E-state index in [9.17, 15) is 4.39 Å². The Balaban J connectivity index is 0.000000153. The Hall–Kier alpha value is -3.03. The first-order chi connectivity index (χ1) is 13.1. The van der Waals surface area contributed by atoms with E-state index in [1.54, 1.807) is 18.3 Å². The average Bonchev–Trinajstić information content (AvgIpc) is 3.31. The van der Waals surface area contributed by atoms with Crippen LogP contribution in [-0.4, -0.2) is 29.5 Å². The fourth-order valence-electron chi connectivity index (χ4n) is 2.57. The Morgan fingerprint density at radius 1 is 0.815 bits per heavy atom. The number of fused-ring (bicyclic) bond motifs is 2. The molecular weight excluding hydrogens is 390 g/mol. The smallest absolute Gasteiger partial charge is 0.149 e. The lowest BCUT2D eigenvalue weighted by Gasteiger charge is -2.04. The first-order valence-corrected chi connectivity index (χ1v) is 8.56. The number of H-pyrrole nitrogens is 1. The minimum atomic E-state index is -0.266. The maximum absolute atomic E-state index is 12.9. The summed E-state index contributed by atoms with van der Waals surface area (Å²) in [6.07, 6.45) is 6.45. The number of nitrogens with zero attached hydrogens (tertiary/aromatic N) is 5. The molecule has 6 nitrogen and oxygen atoms in total. The molecule has 4 heterocycles. The molecule has 1 N–H and O–H groups in total. The minimum Gasteiger partial charge on any atom is -0.346 e. The molecule has 27 heavy (non-hydrogen) atoms. The molecule has 0 fully saturated rings. The molecule has 0 radical (unpaired) electrons. The van der Waals surface area contributed by atoms with Gasteiger partial charge in [0, 0.05) is 18.1 Å². The zero-order valence-electron chi connectivity index (χ0n) is 13.6. The molecule has 0 atom stereocenters. The van der Waals surface area contributed by atoms with Crippen LogP contribution in [-0.2, 0) is 0 Å². The van der Waals surface area contributed by atoms with Crippen LogP contribution in [0.15, 0.2) is 61.4 Å². The van der Waals surface area contributed by atoms with Crippen LogP contribution in [0.3, 0.4) is 0 Å². The van der Waals surface area contributed by atoms with Crippen LogP contribution in [0.25, 0.3) is 27.8 Å². The second-order valence-electron chi connectivity index (χ2n) is 5.47. The van der Waals surface area contributed by atoms with Gasteiger partial charge in [-0.1, -0.05) is 23.2 Å². The summed E-state index contributed by atoms with van der Waals surface area (Å²) in [5.41, 5.74) is 2.31. The van der Waals surface area contributed by atoms with Crippen LogP contribution < -0.4 is 0 Å². The van der Waals surface area contributed by atoms with Crippen LogP contribution in [0.1, 0.15) is 0 Å². The van der Waals surface area contributed by atoms with E-state index in [0.29, 0.717) is 16.0 Å². The van der Waals surface area contributed by atoms with Crippen LogP contribution >= 0.6 is 23.2 Å². The molecule has 0 unspecified atom stereocenters. The van der Waals surface area contributed by atoms with Gasteiger partial charge in [0.25, 0.3) is 0 Å². The highest BCUT2D eigenvalue weighted by Crippen LogP contribution is 2.23. The van der Waals surface area contributed by atoms with Gasteiger partial charge in [0.05, 0.1) is 10.8 Å². The molecule has 5 rings (SSSR count). The van der Waals surface area contributed by atoms with Crippen LogP contribution in [0.5, 0.6) is 0 Å². The lowest BCUT2D eigenvalue weighted by Crippen LogP contribution is -1.94. The van der Waals surface area contributed by atoms with Gasteiger partial charge < -0.3 is 9.55 Å². The summed E-state index contributed by atoms with van der Waals surface area (Å²) >= 11 is 11.7. The molecule has 134 valence electrons. The van der Waals surface area contributed by atoms with Gasteiger partial charge >= 0.3 is 0 Å².